The van der Waals surface area contributed by atoms with E-state index >= 15 is 0 Å². The van der Waals surface area contributed by atoms with Crippen LogP contribution < -0.4 is 16.7 Å². The minimum absolute atomic E-state index is 0.0339. The predicted molar refractivity (Wildman–Crippen MR) is 155 cm³/mol. The Balaban J connectivity index is 1.48. The van der Waals surface area contributed by atoms with Crippen molar-refractivity contribution < 1.29 is 23.1 Å². The maximum Gasteiger partial charge on any atom is 0.407 e. The number of aryl methyl sites for hydroxylation is 1. The second-order valence-corrected chi connectivity index (χ2v) is 13.0. The van der Waals surface area contributed by atoms with Crippen LogP contribution in [0.4, 0.5) is 4.79 Å². The Morgan fingerprint density at radius 3 is 2.43 bits per heavy atom. The third-order valence-corrected chi connectivity index (χ3v) is 9.96. The molecule has 0 saturated carbocycles. The fraction of sp³-hybridized carbons (Fsp3) is 0.483. The molecule has 0 unspecified atom stereocenters. The number of nitrogens with one attached hydrogen (secondary N) is 1. The summed E-state index contributed by atoms with van der Waals surface area (Å²) in [6, 6.07) is 14.3. The zero-order chi connectivity index (χ0) is 30.1. The van der Waals surface area contributed by atoms with E-state index in [0.29, 0.717) is 6.42 Å². The summed E-state index contributed by atoms with van der Waals surface area (Å²) in [5, 5.41) is 14.7. The molecule has 0 radical (unpaired) electrons. The molecule has 2 aliphatic heterocycles. The van der Waals surface area contributed by atoms with Gasteiger partial charge >= 0.3 is 17.5 Å². The maximum atomic E-state index is 13.6. The number of amides is 1. The molecule has 13 heteroatoms. The Labute approximate surface area is 244 Å². The number of nitrogens with zero attached hydrogens (tertiary/aromatic N) is 4. The van der Waals surface area contributed by atoms with Crippen molar-refractivity contribution in [2.75, 3.05) is 13.1 Å². The number of hydrogen-bond donors (Lipinski definition) is 2. The number of rotatable bonds is 10. The zero-order valence-corrected chi connectivity index (χ0v) is 24.6. The van der Waals surface area contributed by atoms with Crippen LogP contribution in [-0.2, 0) is 34.4 Å². The first-order valence-electron chi connectivity index (χ1n) is 14.3. The molecular formula is C29H37N5O7S. The van der Waals surface area contributed by atoms with Crippen LogP contribution in [0.2, 0.25) is 0 Å². The quantitative estimate of drug-likeness (QED) is 0.339. The molecule has 0 aliphatic carbocycles. The minimum atomic E-state index is -4.08. The van der Waals surface area contributed by atoms with Gasteiger partial charge in [-0.25, -0.2) is 36.7 Å². The molecule has 12 nitrogen and oxygen atoms in total. The van der Waals surface area contributed by atoms with Gasteiger partial charge in [0.25, 0.3) is 0 Å². The highest BCUT2D eigenvalue weighted by atomic mass is 32.2. The first-order valence-corrected chi connectivity index (χ1v) is 15.7. The van der Waals surface area contributed by atoms with E-state index < -0.39 is 51.8 Å². The summed E-state index contributed by atoms with van der Waals surface area (Å²) in [5.74, 6) is 0. The molecule has 1 aromatic heterocycles. The third-order valence-electron chi connectivity index (χ3n) is 8.14. The van der Waals surface area contributed by atoms with Crippen LogP contribution in [-0.4, -0.2) is 62.6 Å². The van der Waals surface area contributed by atoms with E-state index in [2.05, 4.69) is 12.2 Å². The van der Waals surface area contributed by atoms with E-state index in [0.717, 1.165) is 43.9 Å². The van der Waals surface area contributed by atoms with E-state index in [1.54, 1.807) is 12.1 Å². The highest BCUT2D eigenvalue weighted by Gasteiger charge is 2.60. The number of carbonyl (C=O) groups is 1. The highest BCUT2D eigenvalue weighted by Crippen LogP contribution is 2.40. The first kappa shape index (κ1) is 29.8. The number of alkyl carbamates (subject to hydrolysis) is 1. The largest absolute Gasteiger partial charge is 0.441 e. The van der Waals surface area contributed by atoms with Crippen molar-refractivity contribution in [3.63, 3.8) is 0 Å². The van der Waals surface area contributed by atoms with Gasteiger partial charge in [0.2, 0.25) is 10.0 Å². The van der Waals surface area contributed by atoms with Gasteiger partial charge in [-0.1, -0.05) is 74.2 Å². The molecule has 2 aromatic carbocycles. The SMILES string of the molecule is CCCCCCn1c(=O)n2n(c1=O)[C@@H]1CN(S(=O)(=O)c3ccc(C)cc3)C[C@]1(O)[C@@H](OC(=O)NCc1ccccc1)C2. The summed E-state index contributed by atoms with van der Waals surface area (Å²) in [4.78, 5) is 39.9. The summed E-state index contributed by atoms with van der Waals surface area (Å²) in [6.07, 6.45) is 1.29. The molecule has 3 aromatic rings. The highest BCUT2D eigenvalue weighted by molar-refractivity contribution is 7.89. The van der Waals surface area contributed by atoms with Crippen LogP contribution in [0.1, 0.15) is 49.8 Å². The van der Waals surface area contributed by atoms with Crippen LogP contribution in [0.15, 0.2) is 69.1 Å². The van der Waals surface area contributed by atoms with Crippen molar-refractivity contribution in [2.24, 2.45) is 0 Å². The molecule has 1 fully saturated rings. The van der Waals surface area contributed by atoms with Crippen LogP contribution in [0, 0.1) is 6.92 Å². The zero-order valence-electron chi connectivity index (χ0n) is 23.8. The number of hydrogen-bond acceptors (Lipinski definition) is 7. The van der Waals surface area contributed by atoms with Crippen molar-refractivity contribution in [1.29, 1.82) is 0 Å². The van der Waals surface area contributed by atoms with Gasteiger partial charge in [-0.2, -0.15) is 4.31 Å². The molecule has 0 bridgehead atoms. The number of ether oxygens (including phenoxy) is 1. The fourth-order valence-electron chi connectivity index (χ4n) is 5.74. The van der Waals surface area contributed by atoms with E-state index in [9.17, 15) is 27.9 Å². The normalized spacial score (nSPS) is 22.0. The molecule has 1 amide bonds. The number of carbonyl (C=O) groups excluding carboxylic acids is 1. The van der Waals surface area contributed by atoms with Gasteiger partial charge < -0.3 is 15.2 Å². The number of β-amino-alcohol motifs (C(OH)–C–C–N with tert-alkyl or cyclic N) is 1. The van der Waals surface area contributed by atoms with Crippen molar-refractivity contribution in [3.05, 3.63) is 86.7 Å². The lowest BCUT2D eigenvalue weighted by atomic mass is 9.89. The van der Waals surface area contributed by atoms with Crippen LogP contribution in [0.5, 0.6) is 0 Å². The molecule has 3 heterocycles. The van der Waals surface area contributed by atoms with Crippen LogP contribution in [0.3, 0.4) is 0 Å². The number of benzene rings is 2. The van der Waals surface area contributed by atoms with E-state index in [4.69, 9.17) is 4.74 Å². The summed E-state index contributed by atoms with van der Waals surface area (Å²) in [5.41, 5.74) is -1.46. The van der Waals surface area contributed by atoms with Crippen LogP contribution >= 0.6 is 0 Å². The Morgan fingerprint density at radius 2 is 1.74 bits per heavy atom. The molecule has 226 valence electrons. The summed E-state index contributed by atoms with van der Waals surface area (Å²) in [7, 11) is -4.08. The maximum absolute atomic E-state index is 13.6. The summed E-state index contributed by atoms with van der Waals surface area (Å²) < 4.78 is 37.4. The van der Waals surface area contributed by atoms with Gasteiger partial charge in [0.05, 0.1) is 11.4 Å². The van der Waals surface area contributed by atoms with Crippen molar-refractivity contribution in [2.45, 2.75) is 81.8 Å². The van der Waals surface area contributed by atoms with E-state index in [1.165, 1.54) is 16.8 Å². The Hall–Kier alpha value is -3.68. The predicted octanol–water partition coefficient (Wildman–Crippen LogP) is 1.99. The monoisotopic (exact) mass is 599 g/mol. The standard InChI is InChI=1S/C29H37N5O7S/c1-3-4-5-9-16-32-27(36)33-19-25(41-26(35)30-17-22-10-7-6-8-11-22)29(38)20-31(18-24(29)34(33)28(32)37)42(39,40)23-14-12-21(2)13-15-23/h6-8,10-15,24-25,38H,3-5,9,16-20H2,1-2H3,(H,30,35)/t24-,25+,29-/m1/s1. The van der Waals surface area contributed by atoms with E-state index in [1.807, 2.05) is 37.3 Å². The summed E-state index contributed by atoms with van der Waals surface area (Å²) >= 11 is 0. The van der Waals surface area contributed by atoms with Gasteiger partial charge in [0, 0.05) is 26.2 Å². The van der Waals surface area contributed by atoms with Gasteiger partial charge in [0.15, 0.2) is 6.10 Å². The number of aliphatic hydroxyl groups is 1. The topological polar surface area (TPSA) is 145 Å². The van der Waals surface area contributed by atoms with Gasteiger partial charge in [-0.05, 0) is 31.0 Å². The summed E-state index contributed by atoms with van der Waals surface area (Å²) in [6.45, 7) is 3.26. The van der Waals surface area contributed by atoms with E-state index in [-0.39, 0.29) is 31.1 Å². The van der Waals surface area contributed by atoms with Crippen LogP contribution in [0.25, 0.3) is 0 Å². The van der Waals surface area contributed by atoms with Gasteiger partial charge in [-0.3, -0.25) is 0 Å². The molecule has 42 heavy (non-hydrogen) atoms. The van der Waals surface area contributed by atoms with Gasteiger partial charge in [0.1, 0.15) is 11.6 Å². The number of sulfonamides is 1. The number of aromatic nitrogens is 3. The molecule has 5 rings (SSSR count). The number of unbranched alkanes of at least 4 members (excludes halogenated alkanes) is 3. The molecule has 2 aliphatic rings. The minimum Gasteiger partial charge on any atom is -0.441 e. The molecule has 0 spiro atoms. The smallest absolute Gasteiger partial charge is 0.407 e. The van der Waals surface area contributed by atoms with Crippen molar-refractivity contribution in [1.82, 2.24) is 23.6 Å². The second kappa shape index (κ2) is 11.9. The van der Waals surface area contributed by atoms with Crippen molar-refractivity contribution >= 4 is 16.1 Å². The number of fused-ring (bicyclic) bond motifs is 3. The van der Waals surface area contributed by atoms with Gasteiger partial charge in [-0.15, -0.1) is 0 Å². The average Bonchev–Trinajstić information content (AvgIpc) is 3.45. The fourth-order valence-corrected chi connectivity index (χ4v) is 7.23. The average molecular weight is 600 g/mol. The lowest BCUT2D eigenvalue weighted by Gasteiger charge is -2.40. The Kier molecular flexibility index (Phi) is 8.44. The molecule has 1 saturated heterocycles. The third kappa shape index (κ3) is 5.55. The lowest BCUT2D eigenvalue weighted by Crippen LogP contribution is -2.60. The lowest BCUT2D eigenvalue weighted by molar-refractivity contribution is -0.122. The Bertz CT molecular complexity index is 1650. The first-order chi connectivity index (χ1) is 20.1. The van der Waals surface area contributed by atoms with Crippen molar-refractivity contribution in [3.8, 4) is 0 Å². The molecular weight excluding hydrogens is 562 g/mol. The second-order valence-electron chi connectivity index (χ2n) is 11.1. The molecule has 2 N–H and O–H groups in total. The molecule has 3 atom stereocenters. The Morgan fingerprint density at radius 1 is 1.02 bits per heavy atom.